The van der Waals surface area contributed by atoms with E-state index in [0.717, 1.165) is 18.4 Å². The monoisotopic (exact) mass is 331 g/mol. The van der Waals surface area contributed by atoms with Crippen LogP contribution in [0, 0.1) is 5.92 Å². The molecule has 0 bridgehead atoms. The van der Waals surface area contributed by atoms with Crippen molar-refractivity contribution in [2.24, 2.45) is 5.92 Å². The van der Waals surface area contributed by atoms with Gasteiger partial charge in [0.15, 0.2) is 0 Å². The van der Waals surface area contributed by atoms with Crippen LogP contribution in [0.3, 0.4) is 0 Å². The summed E-state index contributed by atoms with van der Waals surface area (Å²) in [6.07, 6.45) is 1.88. The summed E-state index contributed by atoms with van der Waals surface area (Å²) in [6.45, 7) is 4.59. The van der Waals surface area contributed by atoms with Crippen LogP contribution in [0.4, 0.5) is 0 Å². The molecule has 0 amide bonds. The Balaban J connectivity index is 2.41. The molecule has 4 nitrogen and oxygen atoms in total. The lowest BCUT2D eigenvalue weighted by atomic mass is 10.2. The number of ether oxygens (including phenoxy) is 1. The zero-order valence-corrected chi connectivity index (χ0v) is 14.2. The smallest absolute Gasteiger partial charge is 0.247 e. The highest BCUT2D eigenvalue weighted by Gasteiger charge is 2.39. The Morgan fingerprint density at radius 1 is 1.38 bits per heavy atom. The van der Waals surface area contributed by atoms with Crippen LogP contribution in [-0.2, 0) is 15.9 Å². The number of sulfonamides is 1. The first-order valence-corrected chi connectivity index (χ1v) is 9.12. The van der Waals surface area contributed by atoms with Crippen LogP contribution in [0.1, 0.15) is 32.3 Å². The first-order chi connectivity index (χ1) is 9.90. The lowest BCUT2D eigenvalue weighted by Crippen LogP contribution is -2.36. The van der Waals surface area contributed by atoms with Crippen molar-refractivity contribution in [2.45, 2.75) is 43.5 Å². The van der Waals surface area contributed by atoms with Crippen molar-refractivity contribution in [1.29, 1.82) is 0 Å². The minimum atomic E-state index is -3.54. The van der Waals surface area contributed by atoms with E-state index in [9.17, 15) is 8.42 Å². The van der Waals surface area contributed by atoms with Crippen molar-refractivity contribution in [3.63, 3.8) is 0 Å². The fraction of sp³-hybridized carbons (Fsp3) is 0.600. The van der Waals surface area contributed by atoms with Gasteiger partial charge >= 0.3 is 0 Å². The molecule has 0 unspecified atom stereocenters. The van der Waals surface area contributed by atoms with Gasteiger partial charge in [-0.1, -0.05) is 19.9 Å². The van der Waals surface area contributed by atoms with Crippen molar-refractivity contribution >= 4 is 21.6 Å². The number of hydrogen-bond donors (Lipinski definition) is 0. The van der Waals surface area contributed by atoms with Crippen LogP contribution in [0.5, 0.6) is 5.75 Å². The Morgan fingerprint density at radius 2 is 2.05 bits per heavy atom. The highest BCUT2D eigenvalue weighted by atomic mass is 35.5. The maximum absolute atomic E-state index is 12.9. The standard InChI is InChI=1S/C15H22ClNO3S/c1-11(2)10-17(13-5-6-13)21(18,19)15-7-4-12(9-16)8-14(15)20-3/h4,7-8,11,13H,5-6,9-10H2,1-3H3. The molecule has 0 atom stereocenters. The van der Waals surface area contributed by atoms with Gasteiger partial charge in [-0.25, -0.2) is 8.42 Å². The van der Waals surface area contributed by atoms with E-state index in [4.69, 9.17) is 16.3 Å². The molecule has 21 heavy (non-hydrogen) atoms. The Kier molecular flexibility index (Phi) is 5.17. The quantitative estimate of drug-likeness (QED) is 0.720. The fourth-order valence-corrected chi connectivity index (χ4v) is 4.45. The lowest BCUT2D eigenvalue weighted by molar-refractivity contribution is 0.354. The van der Waals surface area contributed by atoms with Crippen LogP contribution in [-0.4, -0.2) is 32.4 Å². The zero-order valence-electron chi connectivity index (χ0n) is 12.7. The van der Waals surface area contributed by atoms with Gasteiger partial charge in [-0.05, 0) is 36.5 Å². The number of rotatable bonds is 7. The van der Waals surface area contributed by atoms with E-state index in [1.54, 1.807) is 22.5 Å². The second-order valence-electron chi connectivity index (χ2n) is 5.82. The molecule has 0 radical (unpaired) electrons. The van der Waals surface area contributed by atoms with E-state index in [-0.39, 0.29) is 16.9 Å². The Morgan fingerprint density at radius 3 is 2.52 bits per heavy atom. The first-order valence-electron chi connectivity index (χ1n) is 7.15. The minimum Gasteiger partial charge on any atom is -0.495 e. The van der Waals surface area contributed by atoms with Gasteiger partial charge in [0.2, 0.25) is 10.0 Å². The van der Waals surface area contributed by atoms with Crippen molar-refractivity contribution in [1.82, 2.24) is 4.31 Å². The number of alkyl halides is 1. The largest absolute Gasteiger partial charge is 0.495 e. The average molecular weight is 332 g/mol. The summed E-state index contributed by atoms with van der Waals surface area (Å²) in [5.41, 5.74) is 0.842. The van der Waals surface area contributed by atoms with Gasteiger partial charge in [-0.2, -0.15) is 4.31 Å². The molecule has 0 aliphatic heterocycles. The number of nitrogens with zero attached hydrogens (tertiary/aromatic N) is 1. The second kappa shape index (κ2) is 6.55. The summed E-state index contributed by atoms with van der Waals surface area (Å²) in [4.78, 5) is 0.228. The van der Waals surface area contributed by atoms with Crippen molar-refractivity contribution < 1.29 is 13.2 Å². The zero-order chi connectivity index (χ0) is 15.6. The highest BCUT2D eigenvalue weighted by Crippen LogP contribution is 2.36. The molecule has 0 aromatic heterocycles. The Bertz CT molecular complexity index is 597. The molecule has 0 N–H and O–H groups in total. The summed E-state index contributed by atoms with van der Waals surface area (Å²) in [5, 5.41) is 0. The van der Waals surface area contributed by atoms with Gasteiger partial charge in [-0.15, -0.1) is 11.6 Å². The molecule has 0 spiro atoms. The molecule has 6 heteroatoms. The lowest BCUT2D eigenvalue weighted by Gasteiger charge is -2.24. The van der Waals surface area contributed by atoms with Crippen molar-refractivity contribution in [2.75, 3.05) is 13.7 Å². The molecular formula is C15H22ClNO3S. The van der Waals surface area contributed by atoms with Gasteiger partial charge in [0, 0.05) is 18.5 Å². The molecule has 1 aromatic rings. The minimum absolute atomic E-state index is 0.134. The molecule has 118 valence electrons. The van der Waals surface area contributed by atoms with E-state index in [0.29, 0.717) is 18.2 Å². The molecule has 1 aromatic carbocycles. The molecule has 0 saturated heterocycles. The molecular weight excluding hydrogens is 310 g/mol. The van der Waals surface area contributed by atoms with Gasteiger partial charge < -0.3 is 4.74 Å². The topological polar surface area (TPSA) is 46.6 Å². The third-order valence-electron chi connectivity index (χ3n) is 3.47. The molecule has 2 rings (SSSR count). The maximum atomic E-state index is 12.9. The Hall–Kier alpha value is -0.780. The average Bonchev–Trinajstić information content (AvgIpc) is 3.28. The van der Waals surface area contributed by atoms with Crippen LogP contribution < -0.4 is 4.74 Å². The summed E-state index contributed by atoms with van der Waals surface area (Å²) < 4.78 is 32.8. The van der Waals surface area contributed by atoms with Crippen LogP contribution in [0.25, 0.3) is 0 Å². The molecule has 1 aliphatic rings. The van der Waals surface area contributed by atoms with Crippen LogP contribution >= 0.6 is 11.6 Å². The number of benzene rings is 1. The fourth-order valence-electron chi connectivity index (χ4n) is 2.30. The van der Waals surface area contributed by atoms with E-state index in [1.807, 2.05) is 13.8 Å². The summed E-state index contributed by atoms with van der Waals surface area (Å²) in [5.74, 6) is 0.978. The Labute approximate surface area is 132 Å². The summed E-state index contributed by atoms with van der Waals surface area (Å²) in [6, 6.07) is 5.17. The maximum Gasteiger partial charge on any atom is 0.247 e. The predicted octanol–water partition coefficient (Wildman–Crippen LogP) is 3.24. The molecule has 1 saturated carbocycles. The number of hydrogen-bond acceptors (Lipinski definition) is 3. The van der Waals surface area contributed by atoms with Gasteiger partial charge in [0.05, 0.1) is 7.11 Å². The third kappa shape index (κ3) is 3.71. The van der Waals surface area contributed by atoms with E-state index >= 15 is 0 Å². The van der Waals surface area contributed by atoms with E-state index in [1.165, 1.54) is 7.11 Å². The second-order valence-corrected chi connectivity index (χ2v) is 7.94. The first kappa shape index (κ1) is 16.6. The molecule has 1 fully saturated rings. The van der Waals surface area contributed by atoms with E-state index < -0.39 is 10.0 Å². The number of halogens is 1. The summed E-state index contributed by atoms with van der Waals surface area (Å²) in [7, 11) is -2.05. The van der Waals surface area contributed by atoms with E-state index in [2.05, 4.69) is 0 Å². The third-order valence-corrected chi connectivity index (χ3v) is 5.73. The van der Waals surface area contributed by atoms with Crippen LogP contribution in [0.15, 0.2) is 23.1 Å². The summed E-state index contributed by atoms with van der Waals surface area (Å²) >= 11 is 5.80. The van der Waals surface area contributed by atoms with Gasteiger partial charge in [0.25, 0.3) is 0 Å². The highest BCUT2D eigenvalue weighted by molar-refractivity contribution is 7.89. The predicted molar refractivity (Wildman–Crippen MR) is 84.3 cm³/mol. The number of methoxy groups -OCH3 is 1. The van der Waals surface area contributed by atoms with Gasteiger partial charge in [0.1, 0.15) is 10.6 Å². The molecule has 1 aliphatic carbocycles. The van der Waals surface area contributed by atoms with Crippen molar-refractivity contribution in [3.8, 4) is 5.75 Å². The normalized spacial score (nSPS) is 15.7. The SMILES string of the molecule is COc1cc(CCl)ccc1S(=O)(=O)N(CC(C)C)C1CC1. The van der Waals surface area contributed by atoms with Crippen LogP contribution in [0.2, 0.25) is 0 Å². The van der Waals surface area contributed by atoms with Crippen molar-refractivity contribution in [3.05, 3.63) is 23.8 Å². The van der Waals surface area contributed by atoms with Gasteiger partial charge in [-0.3, -0.25) is 0 Å². The molecule has 0 heterocycles.